The van der Waals surface area contributed by atoms with Crippen LogP contribution in [0, 0.1) is 0 Å². The fourth-order valence-electron chi connectivity index (χ4n) is 0. The normalized spacial score (nSPS) is 0. The predicted octanol–water partition coefficient (Wildman–Crippen LogP) is -15.4. The van der Waals surface area contributed by atoms with E-state index in [-0.39, 0.29) is 76.9 Å². The van der Waals surface area contributed by atoms with Crippen LogP contribution in [0.4, 0.5) is 0 Å². The Morgan fingerprint density at radius 3 is 0.500 bits per heavy atom. The summed E-state index contributed by atoms with van der Waals surface area (Å²) in [4.78, 5) is 0. The van der Waals surface area contributed by atoms with Gasteiger partial charge in [-0.3, -0.25) is 0 Å². The van der Waals surface area contributed by atoms with E-state index in [1.807, 2.05) is 0 Å². The number of halogens is 4. The van der Waals surface area contributed by atoms with Crippen molar-refractivity contribution in [2.45, 2.75) is 0 Å². The molecule has 0 aliphatic rings. The summed E-state index contributed by atoms with van der Waals surface area (Å²) in [7, 11) is 0. The molecule has 0 heterocycles. The van der Waals surface area contributed by atoms with Crippen molar-refractivity contribution in [2.75, 3.05) is 0 Å². The topological polar surface area (TPSA) is 0 Å². The van der Waals surface area contributed by atoms with Gasteiger partial charge in [0.25, 0.3) is 0 Å². The Labute approximate surface area is 76.6 Å². The zero-order valence-corrected chi connectivity index (χ0v) is 6.11. The van der Waals surface area contributed by atoms with Crippen LogP contribution in [0.3, 0.4) is 0 Å². The van der Waals surface area contributed by atoms with Gasteiger partial charge >= 0.3 is 27.3 Å². The average molecular weight is 160 g/mol. The first kappa shape index (κ1) is 110. The maximum absolute atomic E-state index is 0. The zero-order chi connectivity index (χ0) is 0. The van der Waals surface area contributed by atoms with E-state index in [4.69, 9.17) is 0 Å². The first-order chi connectivity index (χ1) is 0. The van der Waals surface area contributed by atoms with Gasteiger partial charge in [-0.25, -0.2) is 0 Å². The third-order valence-electron chi connectivity index (χ3n) is 0. The molecule has 0 aliphatic carbocycles. The maximum atomic E-state index is 0. The van der Waals surface area contributed by atoms with E-state index in [9.17, 15) is 0 Å². The standard InChI is InChI=1S/B.4ClH.Li/h;4*1H;/q+3;;;;;+1/p-4. The van der Waals surface area contributed by atoms with E-state index in [1.54, 1.807) is 0 Å². The van der Waals surface area contributed by atoms with Gasteiger partial charge in [0.05, 0.1) is 0 Å². The molecule has 0 saturated heterocycles. The number of hydrogen-bond donors (Lipinski definition) is 0. The van der Waals surface area contributed by atoms with E-state index < -0.39 is 0 Å². The molecule has 0 amide bonds. The van der Waals surface area contributed by atoms with Gasteiger partial charge < -0.3 is 49.6 Å². The third kappa shape index (κ3) is 40.8. The van der Waals surface area contributed by atoms with Crippen LogP contribution in [0.2, 0.25) is 0 Å². The molecule has 0 bridgehead atoms. The summed E-state index contributed by atoms with van der Waals surface area (Å²) in [5.74, 6) is 0. The van der Waals surface area contributed by atoms with Crippen molar-refractivity contribution in [1.29, 1.82) is 0 Å². The monoisotopic (exact) mass is 158 g/mol. The summed E-state index contributed by atoms with van der Waals surface area (Å²) in [6, 6.07) is 0. The molecular formula is BCl4Li. The van der Waals surface area contributed by atoms with Crippen molar-refractivity contribution >= 4 is 8.41 Å². The van der Waals surface area contributed by atoms with E-state index in [2.05, 4.69) is 0 Å². The Balaban J connectivity index is 0. The molecule has 0 fully saturated rings. The van der Waals surface area contributed by atoms with Gasteiger partial charge in [0.15, 0.2) is 0 Å². The first-order valence-electron chi connectivity index (χ1n) is 0. The molecule has 0 aromatic heterocycles. The number of hydrogen-bond acceptors (Lipinski definition) is 0. The maximum Gasteiger partial charge on any atom is 3.00 e. The second-order valence-electron chi connectivity index (χ2n) is 0. The van der Waals surface area contributed by atoms with Crippen molar-refractivity contribution in [3.05, 3.63) is 0 Å². The Bertz CT molecular complexity index is 7.51. The molecule has 0 unspecified atom stereocenters. The molecule has 0 spiro atoms. The van der Waals surface area contributed by atoms with Gasteiger partial charge in [-0.1, -0.05) is 0 Å². The Morgan fingerprint density at radius 2 is 0.500 bits per heavy atom. The van der Waals surface area contributed by atoms with Crippen molar-refractivity contribution in [1.82, 2.24) is 0 Å². The third-order valence-corrected chi connectivity index (χ3v) is 0. The van der Waals surface area contributed by atoms with Crippen LogP contribution in [-0.4, -0.2) is 8.41 Å². The Kier molecular flexibility index (Phi) is 1270. The van der Waals surface area contributed by atoms with Gasteiger partial charge in [0.2, 0.25) is 0 Å². The van der Waals surface area contributed by atoms with Crippen molar-refractivity contribution < 1.29 is 68.5 Å². The minimum absolute atomic E-state index is 0. The zero-order valence-electron chi connectivity index (χ0n) is 3.09. The van der Waals surface area contributed by atoms with Gasteiger partial charge in [-0.2, -0.15) is 0 Å². The molecular weight excluding hydrogens is 160 g/mol. The molecule has 6 heteroatoms. The van der Waals surface area contributed by atoms with Crippen LogP contribution in [0.5, 0.6) is 0 Å². The average Bonchev–Trinajstić information content (AvgIpc) is 0. The van der Waals surface area contributed by atoms with Crippen molar-refractivity contribution in [3.63, 3.8) is 0 Å². The van der Waals surface area contributed by atoms with Crippen LogP contribution in [0.1, 0.15) is 0 Å². The minimum Gasteiger partial charge on any atom is -1.00 e. The predicted molar refractivity (Wildman–Crippen MR) is 5.75 cm³/mol. The quantitative estimate of drug-likeness (QED) is 0.308. The van der Waals surface area contributed by atoms with Gasteiger partial charge in [0.1, 0.15) is 0 Å². The Hall–Kier alpha value is 1.82. The molecule has 0 rings (SSSR count). The minimum atomic E-state index is 0. The van der Waals surface area contributed by atoms with E-state index in [1.165, 1.54) is 0 Å². The molecule has 0 atom stereocenters. The summed E-state index contributed by atoms with van der Waals surface area (Å²) in [6.45, 7) is 0. The largest absolute Gasteiger partial charge is 3.00 e. The summed E-state index contributed by atoms with van der Waals surface area (Å²) < 4.78 is 0. The van der Waals surface area contributed by atoms with Crippen LogP contribution < -0.4 is 68.5 Å². The summed E-state index contributed by atoms with van der Waals surface area (Å²) in [5.41, 5.74) is 0. The molecule has 0 radical (unpaired) electrons. The van der Waals surface area contributed by atoms with Gasteiger partial charge in [0, 0.05) is 0 Å². The first-order valence-corrected chi connectivity index (χ1v) is 0. The van der Waals surface area contributed by atoms with E-state index in [0.717, 1.165) is 0 Å². The van der Waals surface area contributed by atoms with Gasteiger partial charge in [-0.15, -0.1) is 0 Å². The second kappa shape index (κ2) is 69.6. The molecule has 0 nitrogen and oxygen atoms in total. The molecule has 0 N–H and O–H groups in total. The van der Waals surface area contributed by atoms with E-state index >= 15 is 0 Å². The summed E-state index contributed by atoms with van der Waals surface area (Å²) >= 11 is 0. The number of rotatable bonds is 0. The molecule has 0 saturated carbocycles. The van der Waals surface area contributed by atoms with Crippen LogP contribution in [0.15, 0.2) is 0 Å². The van der Waals surface area contributed by atoms with Crippen LogP contribution in [-0.2, 0) is 0 Å². The molecule has 0 aromatic carbocycles. The van der Waals surface area contributed by atoms with Crippen LogP contribution in [0.25, 0.3) is 0 Å². The molecule has 0 aromatic rings. The summed E-state index contributed by atoms with van der Waals surface area (Å²) in [6.07, 6.45) is 0. The molecule has 6 heavy (non-hydrogen) atoms. The smallest absolute Gasteiger partial charge is 1.00 e. The Morgan fingerprint density at radius 1 is 0.500 bits per heavy atom. The fourth-order valence-corrected chi connectivity index (χ4v) is 0. The SMILES string of the molecule is [B+3].[Cl-].[Cl-].[Cl-].[Cl-].[Li+]. The van der Waals surface area contributed by atoms with Crippen molar-refractivity contribution in [3.8, 4) is 0 Å². The molecule has 32 valence electrons. The second-order valence-corrected chi connectivity index (χ2v) is 0. The van der Waals surface area contributed by atoms with Gasteiger partial charge in [-0.05, 0) is 0 Å². The van der Waals surface area contributed by atoms with Crippen molar-refractivity contribution in [2.24, 2.45) is 0 Å². The summed E-state index contributed by atoms with van der Waals surface area (Å²) in [5, 5.41) is 0. The van der Waals surface area contributed by atoms with E-state index in [0.29, 0.717) is 0 Å². The fraction of sp³-hybridized carbons (Fsp3) is 0. The van der Waals surface area contributed by atoms with Crippen LogP contribution >= 0.6 is 0 Å². The molecule has 0 aliphatic heterocycles.